The molecule has 0 radical (unpaired) electrons. The quantitative estimate of drug-likeness (QED) is 0.143. The lowest BCUT2D eigenvalue weighted by atomic mass is 9.85. The van der Waals surface area contributed by atoms with E-state index in [1.807, 2.05) is 5.32 Å². The van der Waals surface area contributed by atoms with E-state index in [1.54, 1.807) is 12.1 Å². The number of ketones is 2. The van der Waals surface area contributed by atoms with Crippen LogP contribution in [0, 0.1) is 23.3 Å². The van der Waals surface area contributed by atoms with Gasteiger partial charge in [0.15, 0.2) is 28.2 Å². The minimum absolute atomic E-state index is 0.000118. The smallest absolute Gasteiger partial charge is 0.304 e. The average Bonchev–Trinajstić information content (AvgIpc) is 2.93. The van der Waals surface area contributed by atoms with Gasteiger partial charge in [0.05, 0.1) is 0 Å². The number of carbonyl (C=O) groups excluding carboxylic acids is 3. The Kier molecular flexibility index (Phi) is 6.60. The summed E-state index contributed by atoms with van der Waals surface area (Å²) in [5.74, 6) is -13.5. The van der Waals surface area contributed by atoms with Crippen LogP contribution in [0.25, 0.3) is 16.8 Å². The number of nitrogens with one attached hydrogen (secondary N) is 1. The Morgan fingerprint density at radius 2 is 1.35 bits per heavy atom. The van der Waals surface area contributed by atoms with Crippen molar-refractivity contribution in [2.45, 2.75) is 11.0 Å². The van der Waals surface area contributed by atoms with Crippen LogP contribution in [-0.4, -0.2) is 32.0 Å². The molecule has 1 N–H and O–H groups in total. The van der Waals surface area contributed by atoms with Gasteiger partial charge in [-0.3, -0.25) is 14.4 Å². The van der Waals surface area contributed by atoms with Crippen molar-refractivity contribution in [2.75, 3.05) is 5.32 Å². The van der Waals surface area contributed by atoms with Crippen LogP contribution in [0.3, 0.4) is 0 Å². The molecule has 0 saturated carbocycles. The van der Waals surface area contributed by atoms with Crippen LogP contribution in [0.5, 0.6) is 0 Å². The molecule has 0 spiro atoms. The van der Waals surface area contributed by atoms with E-state index >= 15 is 0 Å². The van der Waals surface area contributed by atoms with Gasteiger partial charge in [-0.05, 0) is 23.1 Å². The highest BCUT2D eigenvalue weighted by atomic mass is 32.2. The van der Waals surface area contributed by atoms with E-state index < -0.39 is 67.4 Å². The summed E-state index contributed by atoms with van der Waals surface area (Å²) < 4.78 is 90.1. The van der Waals surface area contributed by atoms with Gasteiger partial charge in [0, 0.05) is 22.2 Å². The molecule has 4 aromatic rings. The number of hydrogen-bond donors (Lipinski definition) is 1. The summed E-state index contributed by atoms with van der Waals surface area (Å²) in [7, 11) is -5.83. The van der Waals surface area contributed by atoms with Crippen LogP contribution in [0.2, 0.25) is 0 Å². The van der Waals surface area contributed by atoms with Gasteiger partial charge in [-0.25, -0.2) is 21.7 Å². The Morgan fingerprint density at radius 1 is 0.825 bits per heavy atom. The molecule has 0 aliphatic heterocycles. The zero-order chi connectivity index (χ0) is 28.9. The van der Waals surface area contributed by atoms with Crippen molar-refractivity contribution < 1.29 is 44.5 Å². The second-order valence-electron chi connectivity index (χ2n) is 8.61. The predicted molar refractivity (Wildman–Crippen MR) is 135 cm³/mol. The van der Waals surface area contributed by atoms with Gasteiger partial charge >= 0.3 is 10.1 Å². The van der Waals surface area contributed by atoms with E-state index in [2.05, 4.69) is 10.8 Å². The third-order valence-corrected chi connectivity index (χ3v) is 7.54. The highest BCUT2D eigenvalue weighted by Gasteiger charge is 2.43. The topological polar surface area (TPSA) is 107 Å². The number of Topliss-reactive ketones (excluding diaryl/α,β-unsaturated/α-hetero) is 2. The molecule has 12 heteroatoms. The van der Waals surface area contributed by atoms with Crippen molar-refractivity contribution in [1.82, 2.24) is 0 Å². The van der Waals surface area contributed by atoms with Crippen molar-refractivity contribution in [3.63, 3.8) is 0 Å². The third kappa shape index (κ3) is 4.27. The van der Waals surface area contributed by atoms with Gasteiger partial charge in [0.2, 0.25) is 17.7 Å². The minimum Gasteiger partial charge on any atom is -0.322 e. The van der Waals surface area contributed by atoms with Gasteiger partial charge in [-0.2, -0.15) is 8.42 Å². The average molecular weight is 569 g/mol. The van der Waals surface area contributed by atoms with E-state index in [4.69, 9.17) is 0 Å². The van der Waals surface area contributed by atoms with Crippen LogP contribution < -0.4 is 5.32 Å². The molecule has 7 nitrogen and oxygen atoms in total. The summed E-state index contributed by atoms with van der Waals surface area (Å²) in [6.07, 6.45) is -0.943. The molecule has 1 amide bonds. The molecule has 1 aliphatic carbocycles. The highest BCUT2D eigenvalue weighted by molar-refractivity contribution is 7.86. The van der Waals surface area contributed by atoms with Crippen molar-refractivity contribution in [3.05, 3.63) is 113 Å². The monoisotopic (exact) mass is 569 g/mol. The molecule has 202 valence electrons. The highest BCUT2D eigenvalue weighted by Crippen LogP contribution is 2.34. The van der Waals surface area contributed by atoms with Gasteiger partial charge in [0.1, 0.15) is 5.56 Å². The minimum atomic E-state index is -5.83. The largest absolute Gasteiger partial charge is 0.322 e. The van der Waals surface area contributed by atoms with Crippen molar-refractivity contribution in [3.8, 4) is 0 Å². The SMILES string of the molecule is C=Cc1ccc(NC(=O)c2c(F)c(F)c(S(=O)(=O)OC3C(=O)c4cccc5cccc(c45)C3=O)c(F)c2F)cc1. The van der Waals surface area contributed by atoms with Gasteiger partial charge < -0.3 is 5.32 Å². The zero-order valence-electron chi connectivity index (χ0n) is 20.0. The maximum absolute atomic E-state index is 15.0. The lowest BCUT2D eigenvalue weighted by molar-refractivity contribution is 0.0672. The van der Waals surface area contributed by atoms with Gasteiger partial charge in [-0.1, -0.05) is 61.2 Å². The van der Waals surface area contributed by atoms with Crippen LogP contribution in [0.1, 0.15) is 36.6 Å². The second kappa shape index (κ2) is 9.81. The number of rotatable bonds is 6. The molecule has 0 bridgehead atoms. The second-order valence-corrected chi connectivity index (χ2v) is 10.1. The molecular weight excluding hydrogens is 554 g/mol. The molecule has 0 fully saturated rings. The van der Waals surface area contributed by atoms with Gasteiger partial charge in [-0.15, -0.1) is 0 Å². The first kappa shape index (κ1) is 26.9. The number of carbonyl (C=O) groups is 3. The fraction of sp³-hybridized carbons (Fsp3) is 0.0357. The van der Waals surface area contributed by atoms with Crippen molar-refractivity contribution in [1.29, 1.82) is 0 Å². The van der Waals surface area contributed by atoms with Crippen LogP contribution >= 0.6 is 0 Å². The first-order valence-corrected chi connectivity index (χ1v) is 12.8. The number of benzene rings is 4. The summed E-state index contributed by atoms with van der Waals surface area (Å²) in [4.78, 5) is 36.2. The van der Waals surface area contributed by atoms with Crippen LogP contribution in [-0.2, 0) is 14.3 Å². The summed E-state index contributed by atoms with van der Waals surface area (Å²) in [6.45, 7) is 3.54. The van der Waals surface area contributed by atoms with E-state index in [0.717, 1.165) is 0 Å². The normalized spacial score (nSPS) is 13.5. The molecule has 0 aromatic heterocycles. The van der Waals surface area contributed by atoms with Crippen LogP contribution in [0.15, 0.2) is 72.1 Å². The fourth-order valence-electron chi connectivity index (χ4n) is 4.34. The third-order valence-electron chi connectivity index (χ3n) is 6.24. The predicted octanol–water partition coefficient (Wildman–Crippen LogP) is 5.44. The Balaban J connectivity index is 1.51. The molecular formula is C28H15F4NO6S. The Bertz CT molecular complexity index is 1810. The number of anilines is 1. The Morgan fingerprint density at radius 3 is 1.85 bits per heavy atom. The van der Waals surface area contributed by atoms with E-state index in [1.165, 1.54) is 54.6 Å². The fourth-order valence-corrected chi connectivity index (χ4v) is 5.48. The maximum Gasteiger partial charge on any atom is 0.304 e. The lowest BCUT2D eigenvalue weighted by Crippen LogP contribution is -2.39. The first-order chi connectivity index (χ1) is 19.0. The molecule has 0 heterocycles. The van der Waals surface area contributed by atoms with Gasteiger partial charge in [0.25, 0.3) is 5.91 Å². The molecule has 5 rings (SSSR count). The maximum atomic E-state index is 15.0. The Labute approximate surface area is 223 Å². The van der Waals surface area contributed by atoms with E-state index in [0.29, 0.717) is 10.9 Å². The summed E-state index contributed by atoms with van der Waals surface area (Å²) >= 11 is 0. The van der Waals surface area contributed by atoms with Crippen molar-refractivity contribution >= 4 is 50.1 Å². The summed E-state index contributed by atoms with van der Waals surface area (Å²) in [5, 5.41) is 2.76. The molecule has 0 atom stereocenters. The first-order valence-electron chi connectivity index (χ1n) is 11.4. The number of hydrogen-bond acceptors (Lipinski definition) is 6. The van der Waals surface area contributed by atoms with E-state index in [9.17, 15) is 40.4 Å². The summed E-state index contributed by atoms with van der Waals surface area (Å²) in [5.41, 5.74) is -1.30. The molecule has 4 aromatic carbocycles. The van der Waals surface area contributed by atoms with Crippen molar-refractivity contribution in [2.24, 2.45) is 0 Å². The zero-order valence-corrected chi connectivity index (χ0v) is 20.8. The number of amides is 1. The number of halogens is 4. The molecule has 0 saturated heterocycles. The molecule has 1 aliphatic rings. The molecule has 40 heavy (non-hydrogen) atoms. The summed E-state index contributed by atoms with van der Waals surface area (Å²) in [6, 6.07) is 14.3. The molecule has 0 unspecified atom stereocenters. The standard InChI is InChI=1S/C28H15F4NO6S/c1-2-13-9-11-15(12-10-13)33-28(36)19-20(29)22(31)27(23(32)21(19)30)40(37,38)39-26-24(34)16-7-3-5-14-6-4-8-17(18(14)16)25(26)35/h2-12,26H,1H2,(H,33,36). The van der Waals surface area contributed by atoms with Crippen LogP contribution in [0.4, 0.5) is 23.2 Å². The van der Waals surface area contributed by atoms with E-state index in [-0.39, 0.29) is 22.2 Å². The Hall–Kier alpha value is -4.68. The lowest BCUT2D eigenvalue weighted by Gasteiger charge is -2.23.